The normalized spacial score (nSPS) is 10.6. The van der Waals surface area contributed by atoms with E-state index in [9.17, 15) is 23.7 Å². The Hall–Kier alpha value is -1.45. The maximum atomic E-state index is 12.8. The summed E-state index contributed by atoms with van der Waals surface area (Å²) in [5.41, 5.74) is 4.78. The van der Waals surface area contributed by atoms with Crippen molar-refractivity contribution in [1.82, 2.24) is 5.32 Å². The molecule has 118 valence electrons. The average molecular weight is 342 g/mol. The SMILES string of the molecule is Cl.NCC(F)(F)CNC(=O)CSc1ccc([N+](=O)[O-])cc1. The number of nitro benzene ring substituents is 1. The number of nitro groups is 1. The van der Waals surface area contributed by atoms with Gasteiger partial charge in [-0.05, 0) is 12.1 Å². The molecule has 21 heavy (non-hydrogen) atoms. The summed E-state index contributed by atoms with van der Waals surface area (Å²) < 4.78 is 25.6. The lowest BCUT2D eigenvalue weighted by atomic mass is 10.3. The number of carbonyl (C=O) groups is 1. The average Bonchev–Trinajstić information content (AvgIpc) is 2.43. The summed E-state index contributed by atoms with van der Waals surface area (Å²) in [5.74, 6) is -3.73. The van der Waals surface area contributed by atoms with E-state index in [-0.39, 0.29) is 23.8 Å². The van der Waals surface area contributed by atoms with E-state index in [1.807, 2.05) is 0 Å². The minimum Gasteiger partial charge on any atom is -0.349 e. The monoisotopic (exact) mass is 341 g/mol. The van der Waals surface area contributed by atoms with Gasteiger partial charge in [-0.2, -0.15) is 0 Å². The Labute approximate surface area is 130 Å². The van der Waals surface area contributed by atoms with Crippen LogP contribution in [0.25, 0.3) is 0 Å². The van der Waals surface area contributed by atoms with Gasteiger partial charge < -0.3 is 11.1 Å². The number of non-ortho nitro benzene ring substituents is 1. The van der Waals surface area contributed by atoms with Gasteiger partial charge in [0.25, 0.3) is 11.6 Å². The molecule has 0 atom stereocenters. The first kappa shape index (κ1) is 19.6. The Morgan fingerprint density at radius 3 is 2.43 bits per heavy atom. The highest BCUT2D eigenvalue weighted by Gasteiger charge is 2.26. The number of thioether (sulfide) groups is 1. The third-order valence-corrected chi connectivity index (χ3v) is 3.27. The van der Waals surface area contributed by atoms with Gasteiger partial charge in [-0.3, -0.25) is 14.9 Å². The Kier molecular flexibility index (Phi) is 8.15. The van der Waals surface area contributed by atoms with E-state index in [2.05, 4.69) is 5.32 Å². The van der Waals surface area contributed by atoms with E-state index in [1.54, 1.807) is 0 Å². The molecule has 6 nitrogen and oxygen atoms in total. The van der Waals surface area contributed by atoms with Gasteiger partial charge >= 0.3 is 0 Å². The van der Waals surface area contributed by atoms with Crippen LogP contribution in [-0.2, 0) is 4.79 Å². The van der Waals surface area contributed by atoms with Gasteiger partial charge in [-0.15, -0.1) is 24.2 Å². The number of hydrogen-bond acceptors (Lipinski definition) is 5. The van der Waals surface area contributed by atoms with Crippen LogP contribution < -0.4 is 11.1 Å². The van der Waals surface area contributed by atoms with E-state index >= 15 is 0 Å². The summed E-state index contributed by atoms with van der Waals surface area (Å²) in [7, 11) is 0. The van der Waals surface area contributed by atoms with Gasteiger partial charge in [0.1, 0.15) is 0 Å². The predicted molar refractivity (Wildman–Crippen MR) is 78.1 cm³/mol. The number of benzene rings is 1. The molecule has 1 rings (SSSR count). The van der Waals surface area contributed by atoms with E-state index in [0.717, 1.165) is 11.8 Å². The smallest absolute Gasteiger partial charge is 0.277 e. The van der Waals surface area contributed by atoms with Gasteiger partial charge in [-0.25, -0.2) is 8.78 Å². The van der Waals surface area contributed by atoms with Crippen LogP contribution in [0.1, 0.15) is 0 Å². The lowest BCUT2D eigenvalue weighted by molar-refractivity contribution is -0.384. The summed E-state index contributed by atoms with van der Waals surface area (Å²) >= 11 is 1.10. The van der Waals surface area contributed by atoms with Crippen molar-refractivity contribution in [2.24, 2.45) is 5.73 Å². The van der Waals surface area contributed by atoms with E-state index < -0.39 is 29.8 Å². The van der Waals surface area contributed by atoms with Gasteiger partial charge in [0.2, 0.25) is 5.91 Å². The molecule has 0 saturated carbocycles. The van der Waals surface area contributed by atoms with Crippen LogP contribution in [0.3, 0.4) is 0 Å². The fourth-order valence-electron chi connectivity index (χ4n) is 1.16. The van der Waals surface area contributed by atoms with Gasteiger partial charge in [0.15, 0.2) is 0 Å². The fraction of sp³-hybridized carbons (Fsp3) is 0.364. The van der Waals surface area contributed by atoms with E-state index in [0.29, 0.717) is 4.90 Å². The molecule has 0 aliphatic rings. The number of nitrogens with one attached hydrogen (secondary N) is 1. The first-order valence-corrected chi connectivity index (χ1v) is 6.54. The quantitative estimate of drug-likeness (QED) is 0.448. The first-order chi connectivity index (χ1) is 9.34. The molecule has 3 N–H and O–H groups in total. The van der Waals surface area contributed by atoms with Crippen molar-refractivity contribution in [3.63, 3.8) is 0 Å². The zero-order valence-electron chi connectivity index (χ0n) is 10.8. The fourth-order valence-corrected chi connectivity index (χ4v) is 1.89. The van der Waals surface area contributed by atoms with Crippen LogP contribution in [0, 0.1) is 10.1 Å². The number of nitrogens with two attached hydrogens (primary N) is 1. The molecule has 0 aliphatic heterocycles. The number of halogens is 3. The van der Waals surface area contributed by atoms with Crippen LogP contribution in [0.2, 0.25) is 0 Å². The number of hydrogen-bond donors (Lipinski definition) is 2. The second kappa shape index (κ2) is 8.75. The lowest BCUT2D eigenvalue weighted by Crippen LogP contribution is -2.42. The summed E-state index contributed by atoms with van der Waals surface area (Å²) in [6, 6.07) is 5.60. The topological polar surface area (TPSA) is 98.3 Å². The Morgan fingerprint density at radius 2 is 1.95 bits per heavy atom. The third kappa shape index (κ3) is 7.21. The van der Waals surface area contributed by atoms with Crippen molar-refractivity contribution >= 4 is 35.8 Å². The molecule has 1 aromatic rings. The van der Waals surface area contributed by atoms with Crippen LogP contribution in [0.15, 0.2) is 29.2 Å². The third-order valence-electron chi connectivity index (χ3n) is 2.26. The second-order valence-corrected chi connectivity index (χ2v) is 4.93. The molecule has 1 amide bonds. The van der Waals surface area contributed by atoms with Crippen LogP contribution in [-0.4, -0.2) is 35.6 Å². The molecule has 0 heterocycles. The number of amides is 1. The lowest BCUT2D eigenvalue weighted by Gasteiger charge is -2.14. The van der Waals surface area contributed by atoms with Crippen molar-refractivity contribution in [2.75, 3.05) is 18.8 Å². The largest absolute Gasteiger partial charge is 0.349 e. The van der Waals surface area contributed by atoms with Gasteiger partial charge in [-0.1, -0.05) is 0 Å². The van der Waals surface area contributed by atoms with Crippen LogP contribution in [0.4, 0.5) is 14.5 Å². The maximum absolute atomic E-state index is 12.8. The van der Waals surface area contributed by atoms with E-state index in [1.165, 1.54) is 24.3 Å². The minimum atomic E-state index is -3.12. The molecular weight excluding hydrogens is 328 g/mol. The predicted octanol–water partition coefficient (Wildman–Crippen LogP) is 1.82. The summed E-state index contributed by atoms with van der Waals surface area (Å²) in [5, 5.41) is 12.5. The number of carbonyl (C=O) groups excluding carboxylic acids is 1. The molecule has 0 unspecified atom stereocenters. The molecule has 0 bridgehead atoms. The standard InChI is InChI=1S/C11H13F2N3O3S.ClH/c12-11(13,6-14)7-15-10(17)5-20-9-3-1-8(2-4-9)16(18)19;/h1-4H,5-7,14H2,(H,15,17);1H. The van der Waals surface area contributed by atoms with Crippen LogP contribution in [0.5, 0.6) is 0 Å². The van der Waals surface area contributed by atoms with Crippen molar-refractivity contribution in [3.05, 3.63) is 34.4 Å². The number of alkyl halides is 2. The van der Waals surface area contributed by atoms with E-state index in [4.69, 9.17) is 5.73 Å². The Bertz CT molecular complexity index is 488. The maximum Gasteiger partial charge on any atom is 0.277 e. The molecular formula is C11H14ClF2N3O3S. The zero-order chi connectivity index (χ0) is 15.2. The zero-order valence-corrected chi connectivity index (χ0v) is 12.4. The molecule has 0 saturated heterocycles. The highest BCUT2D eigenvalue weighted by molar-refractivity contribution is 8.00. The minimum absolute atomic E-state index is 0. The molecule has 0 fully saturated rings. The Morgan fingerprint density at radius 1 is 1.38 bits per heavy atom. The molecule has 0 radical (unpaired) electrons. The molecule has 10 heteroatoms. The van der Waals surface area contributed by atoms with Gasteiger partial charge in [0.05, 0.1) is 23.8 Å². The van der Waals surface area contributed by atoms with Crippen LogP contribution >= 0.6 is 24.2 Å². The van der Waals surface area contributed by atoms with Crippen molar-refractivity contribution in [2.45, 2.75) is 10.8 Å². The van der Waals surface area contributed by atoms with Crippen molar-refractivity contribution in [1.29, 1.82) is 0 Å². The highest BCUT2D eigenvalue weighted by atomic mass is 35.5. The second-order valence-electron chi connectivity index (χ2n) is 3.88. The first-order valence-electron chi connectivity index (χ1n) is 5.56. The molecule has 0 aliphatic carbocycles. The summed E-state index contributed by atoms with van der Waals surface area (Å²) in [6.45, 7) is -1.63. The summed E-state index contributed by atoms with van der Waals surface area (Å²) in [4.78, 5) is 21.9. The van der Waals surface area contributed by atoms with Gasteiger partial charge in [0, 0.05) is 17.0 Å². The molecule has 1 aromatic carbocycles. The van der Waals surface area contributed by atoms with Crippen molar-refractivity contribution in [3.8, 4) is 0 Å². The Balaban J connectivity index is 0.00000400. The molecule has 0 aromatic heterocycles. The van der Waals surface area contributed by atoms with Crippen molar-refractivity contribution < 1.29 is 18.5 Å². The summed E-state index contributed by atoms with van der Waals surface area (Å²) in [6.07, 6.45) is 0. The molecule has 0 spiro atoms. The highest BCUT2D eigenvalue weighted by Crippen LogP contribution is 2.21. The number of nitrogens with zero attached hydrogens (tertiary/aromatic N) is 1. The number of rotatable bonds is 7.